The first kappa shape index (κ1) is 48.1. The van der Waals surface area contributed by atoms with Crippen LogP contribution in [0, 0.1) is 73.0 Å². The Morgan fingerprint density at radius 1 is 0.528 bits per heavy atom. The Morgan fingerprint density at radius 3 is 1.42 bits per heavy atom. The Morgan fingerprint density at radius 2 is 0.944 bits per heavy atom. The summed E-state index contributed by atoms with van der Waals surface area (Å²) >= 11 is 6.29. The minimum Gasteiger partial charge on any atom is -0.307 e. The summed E-state index contributed by atoms with van der Waals surface area (Å²) in [6.45, 7) is 4.01. The van der Waals surface area contributed by atoms with Crippen molar-refractivity contribution in [1.82, 2.24) is 4.98 Å². The molecule has 4 aliphatic carbocycles. The molecule has 1 aromatic heterocycles. The summed E-state index contributed by atoms with van der Waals surface area (Å²) in [5.41, 5.74) is 6.02. The summed E-state index contributed by atoms with van der Waals surface area (Å²) in [5.74, 6) is 0.378. The summed E-state index contributed by atoms with van der Waals surface area (Å²) in [7, 11) is 0. The molecule has 13 nitrogen and oxygen atoms in total. The van der Waals surface area contributed by atoms with Crippen molar-refractivity contribution in [2.24, 2.45) is 59.2 Å². The number of thioether (sulfide) groups is 3. The lowest BCUT2D eigenvalue weighted by atomic mass is 9.68. The fourth-order valence-corrected chi connectivity index (χ4v) is 20.3. The standard InChI is InChI=1S/C27H23NO3S2.C26H22N2O3S2.2CO2/c1-13-7-9-15(10-8-13)28-26(30)22-16-11-17(23(22)27(28)31)24-21(16)20(14-5-3-2-4-6-14)25-18(32-24)12-19(29)33-25;1-12-7-9-14(10-8-12)28-24(29)19-15-11-16(20(19)25(28)30)21-18(15)17(13-5-3-2-4-6-13)22-23(32-21)27-26(31)33-22;2*2-1-3/h2-10,16-17,20-24H,11-12H2,1H3;2-10,15-21H,11H2,1H3,(H,27,31);;/t16-,17-,20-,21-,22+,23-,24-;15-,16-,17-,18-,19+,20-,21-;;/m10../s1. The molecule has 72 heavy (non-hydrogen) atoms. The van der Waals surface area contributed by atoms with Gasteiger partial charge in [0.25, 0.3) is 0 Å². The molecular formula is C55H45N3O10S4. The maximum absolute atomic E-state index is 13.7. The maximum Gasteiger partial charge on any atom is 0.373 e. The van der Waals surface area contributed by atoms with Crippen LogP contribution in [0.4, 0.5) is 11.4 Å². The quantitative estimate of drug-likeness (QED) is 0.169. The molecule has 6 fully saturated rings. The number of amides is 4. The number of carbonyl (C=O) groups is 5. The minimum atomic E-state index is -0.255. The number of benzene rings is 4. The number of nitrogens with one attached hydrogen (secondary N) is 1. The van der Waals surface area contributed by atoms with Gasteiger partial charge in [-0.2, -0.15) is 19.2 Å². The van der Waals surface area contributed by atoms with Crippen LogP contribution in [0.3, 0.4) is 0 Å². The highest BCUT2D eigenvalue weighted by molar-refractivity contribution is 8.18. The van der Waals surface area contributed by atoms with E-state index in [4.69, 9.17) is 19.2 Å². The molecule has 4 saturated carbocycles. The van der Waals surface area contributed by atoms with Gasteiger partial charge in [-0.3, -0.25) is 38.6 Å². The van der Waals surface area contributed by atoms with Gasteiger partial charge in [0.1, 0.15) is 0 Å². The van der Waals surface area contributed by atoms with E-state index < -0.39 is 0 Å². The number of nitrogens with zero attached hydrogens (tertiary/aromatic N) is 2. The van der Waals surface area contributed by atoms with Gasteiger partial charge in [-0.15, -0.1) is 23.5 Å². The smallest absolute Gasteiger partial charge is 0.307 e. The van der Waals surface area contributed by atoms with Crippen LogP contribution in [-0.2, 0) is 43.2 Å². The molecule has 9 aliphatic rings. The van der Waals surface area contributed by atoms with Crippen LogP contribution >= 0.6 is 46.6 Å². The number of carbonyl (C=O) groups excluding carboxylic acids is 9. The fraction of sp³-hybridized carbons (Fsp3) is 0.345. The third kappa shape index (κ3) is 7.62. The highest BCUT2D eigenvalue weighted by atomic mass is 32.2. The van der Waals surface area contributed by atoms with Gasteiger partial charge in [0, 0.05) is 43.4 Å². The zero-order valence-corrected chi connectivity index (χ0v) is 42.0. The molecule has 5 aromatic rings. The Bertz CT molecular complexity index is 3190. The molecule has 4 amide bonds. The number of aromatic nitrogens is 1. The lowest BCUT2D eigenvalue weighted by molar-refractivity contribution is -0.193. The largest absolute Gasteiger partial charge is 0.373 e. The lowest BCUT2D eigenvalue weighted by Gasteiger charge is -2.44. The van der Waals surface area contributed by atoms with Crippen LogP contribution in [0.15, 0.2) is 129 Å². The Hall–Kier alpha value is -6.19. The van der Waals surface area contributed by atoms with Gasteiger partial charge in [-0.05, 0) is 97.6 Å². The van der Waals surface area contributed by atoms with E-state index in [1.807, 2.05) is 98.4 Å². The minimum absolute atomic E-state index is 0.0201. The van der Waals surface area contributed by atoms with E-state index >= 15 is 0 Å². The first-order valence-corrected chi connectivity index (χ1v) is 27.3. The van der Waals surface area contributed by atoms with E-state index in [9.17, 15) is 28.8 Å². The van der Waals surface area contributed by atoms with Crippen LogP contribution in [0.2, 0.25) is 0 Å². The number of rotatable bonds is 4. The number of imide groups is 2. The molecule has 0 spiro atoms. The summed E-state index contributed by atoms with van der Waals surface area (Å²) in [4.78, 5) is 121. The number of thiazole rings is 1. The topological polar surface area (TPSA) is 193 Å². The Labute approximate surface area is 430 Å². The number of aryl methyl sites for hydroxylation is 2. The van der Waals surface area contributed by atoms with Gasteiger partial charge in [0.15, 0.2) is 5.12 Å². The number of H-pyrrole nitrogens is 1. The second-order valence-electron chi connectivity index (χ2n) is 19.8. The molecule has 2 saturated heterocycles. The third-order valence-corrected chi connectivity index (χ3v) is 21.9. The predicted molar refractivity (Wildman–Crippen MR) is 269 cm³/mol. The van der Waals surface area contributed by atoms with Gasteiger partial charge in [-0.25, -0.2) is 0 Å². The zero-order chi connectivity index (χ0) is 50.3. The van der Waals surface area contributed by atoms with Crippen molar-refractivity contribution in [2.75, 3.05) is 9.80 Å². The second-order valence-corrected chi connectivity index (χ2v) is 24.4. The summed E-state index contributed by atoms with van der Waals surface area (Å²) in [5, 5.41) is 1.70. The molecule has 14 rings (SSSR count). The summed E-state index contributed by atoms with van der Waals surface area (Å²) in [6.07, 6.45) is 2.86. The number of fused-ring (bicyclic) bond motifs is 17. The van der Waals surface area contributed by atoms with Crippen LogP contribution < -0.4 is 14.7 Å². The lowest BCUT2D eigenvalue weighted by Crippen LogP contribution is -2.42. The second kappa shape index (κ2) is 19.0. The van der Waals surface area contributed by atoms with Crippen LogP contribution in [-0.4, -0.2) is 56.5 Å². The number of allylic oxidation sites excluding steroid dienone is 2. The van der Waals surface area contributed by atoms with Crippen molar-refractivity contribution in [3.8, 4) is 0 Å². The van der Waals surface area contributed by atoms with E-state index in [1.54, 1.807) is 11.8 Å². The first-order chi connectivity index (χ1) is 34.9. The van der Waals surface area contributed by atoms with Gasteiger partial charge in [0.05, 0.1) is 40.1 Å². The number of hydrogen-bond acceptors (Lipinski definition) is 14. The van der Waals surface area contributed by atoms with Gasteiger partial charge < -0.3 is 4.98 Å². The number of hydrogen-bond donors (Lipinski definition) is 1. The molecule has 0 radical (unpaired) electrons. The van der Waals surface area contributed by atoms with Crippen molar-refractivity contribution in [1.29, 1.82) is 0 Å². The highest BCUT2D eigenvalue weighted by Crippen LogP contribution is 2.71. The van der Waals surface area contributed by atoms with Crippen molar-refractivity contribution < 1.29 is 43.2 Å². The summed E-state index contributed by atoms with van der Waals surface area (Å²) < 4.78 is 0. The molecular weight excluding hydrogens is 991 g/mol. The molecule has 0 unspecified atom stereocenters. The Kier molecular flexibility index (Phi) is 12.7. The number of aromatic amines is 1. The average molecular weight is 1040 g/mol. The van der Waals surface area contributed by atoms with Gasteiger partial charge >= 0.3 is 17.2 Å². The predicted octanol–water partition coefficient (Wildman–Crippen LogP) is 8.40. The van der Waals surface area contributed by atoms with Crippen LogP contribution in [0.1, 0.15) is 58.2 Å². The van der Waals surface area contributed by atoms with E-state index in [2.05, 4.69) is 41.4 Å². The van der Waals surface area contributed by atoms with E-state index in [0.717, 1.165) is 33.9 Å². The van der Waals surface area contributed by atoms with Crippen molar-refractivity contribution in [3.05, 3.63) is 156 Å². The van der Waals surface area contributed by atoms with Gasteiger partial charge in [-0.1, -0.05) is 119 Å². The van der Waals surface area contributed by atoms with E-state index in [1.165, 1.54) is 53.8 Å². The Balaban J connectivity index is 0.000000141. The van der Waals surface area contributed by atoms with E-state index in [0.29, 0.717) is 23.0 Å². The maximum atomic E-state index is 13.7. The van der Waals surface area contributed by atoms with E-state index in [-0.39, 0.29) is 122 Å². The first-order valence-electron chi connectivity index (χ1n) is 23.9. The molecule has 5 aliphatic heterocycles. The van der Waals surface area contributed by atoms with Crippen molar-refractivity contribution in [3.63, 3.8) is 0 Å². The fourth-order valence-electron chi connectivity index (χ4n) is 14.2. The van der Waals surface area contributed by atoms with Crippen LogP contribution in [0.25, 0.3) is 0 Å². The zero-order valence-electron chi connectivity index (χ0n) is 38.7. The molecule has 6 heterocycles. The molecule has 1 N–H and O–H groups in total. The van der Waals surface area contributed by atoms with Gasteiger partial charge in [0.2, 0.25) is 23.6 Å². The highest BCUT2D eigenvalue weighted by Gasteiger charge is 2.71. The molecule has 4 bridgehead atoms. The van der Waals surface area contributed by atoms with Crippen molar-refractivity contribution >= 4 is 99.0 Å². The average Bonchev–Trinajstić information content (AvgIpc) is 4.27. The molecule has 364 valence electrons. The normalized spacial score (nSPS) is 32.4. The summed E-state index contributed by atoms with van der Waals surface area (Å²) in [6, 6.07) is 36.2. The SMILES string of the molecule is Cc1ccc(N2C(=O)[C@@H]3[C@H]4C[C@@H]([C@@H]3C2=O)[C@H]2[C@@H]4SC3=C(SC(=O)C3)[C@@H]2c2ccccc2)cc1.Cc1ccc(N2C(=O)[C@@H]3[C@H]4C[C@H]([C@@H]5Sc6[nH]c(=O)sc6[C@@H](c6ccccc6)[C@H]45)[C@@H]3C2=O)cc1.O=C=O.O=C=O. The monoisotopic (exact) mass is 1040 g/mol. The molecule has 14 atom stereocenters. The third-order valence-electron chi connectivity index (χ3n) is 16.5. The number of anilines is 2. The molecule has 17 heteroatoms. The van der Waals surface area contributed by atoms with Crippen molar-refractivity contribution in [2.45, 2.75) is 60.5 Å². The van der Waals surface area contributed by atoms with Crippen LogP contribution in [0.5, 0.6) is 0 Å². The molecule has 4 aromatic carbocycles.